The fraction of sp³-hybridized carbons (Fsp3) is 0.111. The molecule has 0 unspecified atom stereocenters. The first-order valence-corrected chi connectivity index (χ1v) is 3.57. The Morgan fingerprint density at radius 2 is 1.86 bits per heavy atom. The van der Waals surface area contributed by atoms with Crippen LogP contribution in [0.2, 0.25) is 0 Å². The van der Waals surface area contributed by atoms with Crippen molar-refractivity contribution in [3.8, 4) is 5.75 Å². The lowest BCUT2D eigenvalue weighted by Crippen LogP contribution is -2.10. The highest BCUT2D eigenvalue weighted by Gasteiger charge is 2.34. The fourth-order valence-electron chi connectivity index (χ4n) is 0.901. The molecule has 1 aromatic rings. The summed E-state index contributed by atoms with van der Waals surface area (Å²) >= 11 is 0. The fourth-order valence-corrected chi connectivity index (χ4v) is 0.901. The Kier molecular flexibility index (Phi) is 2.51. The summed E-state index contributed by atoms with van der Waals surface area (Å²) in [6, 6.07) is 2.40. The minimum Gasteiger partial charge on any atom is -0.508 e. The van der Waals surface area contributed by atoms with Gasteiger partial charge in [-0.3, -0.25) is 0 Å². The summed E-state index contributed by atoms with van der Waals surface area (Å²) in [7, 11) is 0. The van der Waals surface area contributed by atoms with Crippen molar-refractivity contribution in [3.05, 3.63) is 36.2 Å². The normalized spacial score (nSPS) is 11.4. The standard InChI is InChI=1S/C9H6F4O/c1-5(9(11,12)13)7-3-2-6(14)4-8(7)10/h2-4,14H,1H2. The molecule has 0 aromatic heterocycles. The minimum atomic E-state index is -4.67. The van der Waals surface area contributed by atoms with E-state index in [2.05, 4.69) is 6.58 Å². The highest BCUT2D eigenvalue weighted by Crippen LogP contribution is 2.34. The van der Waals surface area contributed by atoms with Crippen LogP contribution >= 0.6 is 0 Å². The van der Waals surface area contributed by atoms with Gasteiger partial charge in [0.05, 0.1) is 5.57 Å². The topological polar surface area (TPSA) is 20.2 Å². The van der Waals surface area contributed by atoms with E-state index in [1.807, 2.05) is 0 Å². The van der Waals surface area contributed by atoms with Crippen LogP contribution in [-0.4, -0.2) is 11.3 Å². The summed E-state index contributed by atoms with van der Waals surface area (Å²) in [6.07, 6.45) is -4.67. The molecule has 0 atom stereocenters. The van der Waals surface area contributed by atoms with E-state index in [-0.39, 0.29) is 0 Å². The van der Waals surface area contributed by atoms with Gasteiger partial charge in [0.15, 0.2) is 0 Å². The quantitative estimate of drug-likeness (QED) is 0.700. The molecule has 5 heteroatoms. The summed E-state index contributed by atoms with van der Waals surface area (Å²) in [6.45, 7) is 2.74. The van der Waals surface area contributed by atoms with Crippen LogP contribution in [0, 0.1) is 5.82 Å². The second-order valence-electron chi connectivity index (χ2n) is 2.64. The number of allylic oxidation sites excluding steroid dienone is 1. The van der Waals surface area contributed by atoms with Gasteiger partial charge in [0.25, 0.3) is 0 Å². The summed E-state index contributed by atoms with van der Waals surface area (Å²) in [5.41, 5.74) is -1.93. The van der Waals surface area contributed by atoms with E-state index in [4.69, 9.17) is 5.11 Å². The van der Waals surface area contributed by atoms with Crippen molar-refractivity contribution in [1.29, 1.82) is 0 Å². The number of benzene rings is 1. The van der Waals surface area contributed by atoms with Crippen LogP contribution in [0.15, 0.2) is 24.8 Å². The van der Waals surface area contributed by atoms with Gasteiger partial charge in [-0.25, -0.2) is 4.39 Å². The van der Waals surface area contributed by atoms with Gasteiger partial charge in [0.1, 0.15) is 11.6 Å². The second kappa shape index (κ2) is 3.32. The van der Waals surface area contributed by atoms with E-state index in [9.17, 15) is 17.6 Å². The number of alkyl halides is 3. The van der Waals surface area contributed by atoms with Crippen LogP contribution in [0.5, 0.6) is 5.75 Å². The number of halogens is 4. The molecule has 0 amide bonds. The first kappa shape index (κ1) is 10.6. The third-order valence-corrected chi connectivity index (χ3v) is 1.62. The molecule has 1 N–H and O–H groups in total. The first-order chi connectivity index (χ1) is 6.32. The van der Waals surface area contributed by atoms with E-state index in [0.29, 0.717) is 6.07 Å². The zero-order valence-electron chi connectivity index (χ0n) is 6.90. The van der Waals surface area contributed by atoms with Gasteiger partial charge < -0.3 is 5.11 Å². The smallest absolute Gasteiger partial charge is 0.416 e. The lowest BCUT2D eigenvalue weighted by Gasteiger charge is -2.10. The van der Waals surface area contributed by atoms with E-state index in [1.165, 1.54) is 0 Å². The van der Waals surface area contributed by atoms with E-state index in [1.54, 1.807) is 0 Å². The number of phenols is 1. The van der Waals surface area contributed by atoms with Crippen LogP contribution in [0.25, 0.3) is 5.57 Å². The summed E-state index contributed by atoms with van der Waals surface area (Å²) in [5, 5.41) is 8.77. The third kappa shape index (κ3) is 2.04. The van der Waals surface area contributed by atoms with Crippen molar-refractivity contribution in [2.45, 2.75) is 6.18 Å². The van der Waals surface area contributed by atoms with E-state index in [0.717, 1.165) is 12.1 Å². The predicted octanol–water partition coefficient (Wildman–Crippen LogP) is 3.11. The van der Waals surface area contributed by atoms with Crippen LogP contribution in [-0.2, 0) is 0 Å². The lowest BCUT2D eigenvalue weighted by molar-refractivity contribution is -0.0688. The van der Waals surface area contributed by atoms with Gasteiger partial charge in [-0.15, -0.1) is 0 Å². The Bertz CT molecular complexity index is 368. The second-order valence-corrected chi connectivity index (χ2v) is 2.64. The Morgan fingerprint density at radius 3 is 2.29 bits per heavy atom. The number of rotatable bonds is 1. The number of aromatic hydroxyl groups is 1. The van der Waals surface area contributed by atoms with Crippen molar-refractivity contribution in [2.24, 2.45) is 0 Å². The van der Waals surface area contributed by atoms with Gasteiger partial charge in [0.2, 0.25) is 0 Å². The Morgan fingerprint density at radius 1 is 1.29 bits per heavy atom. The average molecular weight is 206 g/mol. The molecule has 1 nitrogen and oxygen atoms in total. The van der Waals surface area contributed by atoms with Crippen molar-refractivity contribution >= 4 is 5.57 Å². The molecule has 1 rings (SSSR count). The SMILES string of the molecule is C=C(c1ccc(O)cc1F)C(F)(F)F. The zero-order valence-corrected chi connectivity index (χ0v) is 6.90. The maximum absolute atomic E-state index is 12.9. The maximum Gasteiger partial charge on any atom is 0.416 e. The monoisotopic (exact) mass is 206 g/mol. The number of hydrogen-bond acceptors (Lipinski definition) is 1. The van der Waals surface area contributed by atoms with Gasteiger partial charge >= 0.3 is 6.18 Å². The third-order valence-electron chi connectivity index (χ3n) is 1.62. The molecule has 0 bridgehead atoms. The largest absolute Gasteiger partial charge is 0.508 e. The molecule has 0 heterocycles. The zero-order chi connectivity index (χ0) is 10.9. The highest BCUT2D eigenvalue weighted by molar-refractivity contribution is 5.68. The molecule has 0 saturated carbocycles. The van der Waals surface area contributed by atoms with Gasteiger partial charge in [-0.2, -0.15) is 13.2 Å². The highest BCUT2D eigenvalue weighted by atomic mass is 19.4. The number of phenolic OH excluding ortho intramolecular Hbond substituents is 1. The van der Waals surface area contributed by atoms with Crippen LogP contribution < -0.4 is 0 Å². The molecule has 0 saturated heterocycles. The van der Waals surface area contributed by atoms with Crippen molar-refractivity contribution in [3.63, 3.8) is 0 Å². The average Bonchev–Trinajstić information content (AvgIpc) is 2.01. The number of hydrogen-bond donors (Lipinski definition) is 1. The maximum atomic E-state index is 12.9. The van der Waals surface area contributed by atoms with Crippen molar-refractivity contribution in [1.82, 2.24) is 0 Å². The van der Waals surface area contributed by atoms with Crippen LogP contribution in [0.3, 0.4) is 0 Å². The molecule has 14 heavy (non-hydrogen) atoms. The molecular weight excluding hydrogens is 200 g/mol. The Balaban J connectivity index is 3.15. The molecule has 0 spiro atoms. The molecule has 1 aromatic carbocycles. The van der Waals surface area contributed by atoms with E-state index >= 15 is 0 Å². The van der Waals surface area contributed by atoms with Crippen LogP contribution in [0.4, 0.5) is 17.6 Å². The Hall–Kier alpha value is -1.52. The van der Waals surface area contributed by atoms with Crippen molar-refractivity contribution in [2.75, 3.05) is 0 Å². The molecular formula is C9H6F4O. The first-order valence-electron chi connectivity index (χ1n) is 3.57. The van der Waals surface area contributed by atoms with Gasteiger partial charge in [0, 0.05) is 11.6 Å². The van der Waals surface area contributed by atoms with Crippen LogP contribution in [0.1, 0.15) is 5.56 Å². The van der Waals surface area contributed by atoms with E-state index < -0.39 is 28.9 Å². The molecule has 0 aliphatic heterocycles. The molecule has 76 valence electrons. The molecule has 0 fully saturated rings. The van der Waals surface area contributed by atoms with Gasteiger partial charge in [-0.1, -0.05) is 6.58 Å². The predicted molar refractivity (Wildman–Crippen MR) is 43.2 cm³/mol. The lowest BCUT2D eigenvalue weighted by atomic mass is 10.1. The summed E-state index contributed by atoms with van der Waals surface area (Å²) in [5.74, 6) is -1.58. The molecule has 0 aliphatic carbocycles. The molecule has 0 aliphatic rings. The molecule has 0 radical (unpaired) electrons. The minimum absolute atomic E-state index is 0.429. The summed E-state index contributed by atoms with van der Waals surface area (Å²) < 4.78 is 49.2. The van der Waals surface area contributed by atoms with Gasteiger partial charge in [-0.05, 0) is 12.1 Å². The summed E-state index contributed by atoms with van der Waals surface area (Å²) in [4.78, 5) is 0. The van der Waals surface area contributed by atoms with Crippen molar-refractivity contribution < 1.29 is 22.7 Å². The Labute approximate surface area is 77.3 Å².